The van der Waals surface area contributed by atoms with Crippen LogP contribution in [0.5, 0.6) is 0 Å². The van der Waals surface area contributed by atoms with E-state index < -0.39 is 41.6 Å². The van der Waals surface area contributed by atoms with E-state index in [9.17, 15) is 22.7 Å². The number of fused-ring (bicyclic) bond motifs is 1. The summed E-state index contributed by atoms with van der Waals surface area (Å²) in [6.45, 7) is -0.507. The second kappa shape index (κ2) is 11.6. The summed E-state index contributed by atoms with van der Waals surface area (Å²) in [6.07, 6.45) is 1.60. The Morgan fingerprint density at radius 1 is 1.21 bits per heavy atom. The molecule has 0 aliphatic heterocycles. The number of benzene rings is 2. The minimum Gasteiger partial charge on any atom is -0.394 e. The van der Waals surface area contributed by atoms with Crippen LogP contribution in [0.15, 0.2) is 65.7 Å². The number of nitrogens with one attached hydrogen (secondary N) is 1. The molecule has 7 nitrogen and oxygen atoms in total. The molecule has 1 atom stereocenters. The standard InChI is InChI=1S/C28H29ClFN3O4S/c1-3-38(36,37)24-7-8-25(31-16-24)26(17-34)32-28(35)20-5-9-27-21(13-20)15-23(33(27)11-10-30)14-19-4-6-22(29)12-18(19)2/h4-9,12-13,15-16,26,34H,3,10-11,14,17H2,1-2H3,(H,32,35)/t26-/m0/s1/i10D2. The quantitative estimate of drug-likeness (QED) is 0.290. The first-order valence-corrected chi connectivity index (χ1v) is 14.0. The fourth-order valence-corrected chi connectivity index (χ4v) is 5.37. The molecule has 1 amide bonds. The molecule has 2 aromatic heterocycles. The van der Waals surface area contributed by atoms with E-state index in [0.717, 1.165) is 11.1 Å². The maximum atomic E-state index is 14.2. The SMILES string of the molecule is [2H]C([2H])(F)Cn1c(Cc2ccc(Cl)cc2C)cc2cc(C(=O)N[C@@H](CO)c3ccc(S(=O)(=O)CC)cn3)ccc21. The summed E-state index contributed by atoms with van der Waals surface area (Å²) < 4.78 is 54.9. The Balaban J connectivity index is 1.63. The first-order valence-electron chi connectivity index (χ1n) is 13.0. The Morgan fingerprint density at radius 2 is 2.00 bits per heavy atom. The number of carbonyl (C=O) groups excluding carboxylic acids is 1. The number of carbonyl (C=O) groups is 1. The Hall–Kier alpha value is -3.27. The number of amides is 1. The summed E-state index contributed by atoms with van der Waals surface area (Å²) in [5.74, 6) is -0.577. The van der Waals surface area contributed by atoms with E-state index in [1.807, 2.05) is 19.1 Å². The van der Waals surface area contributed by atoms with Gasteiger partial charge in [0.2, 0.25) is 0 Å². The van der Waals surface area contributed by atoms with Gasteiger partial charge in [0.1, 0.15) is 6.63 Å². The van der Waals surface area contributed by atoms with Gasteiger partial charge in [-0.25, -0.2) is 12.8 Å². The van der Waals surface area contributed by atoms with Crippen LogP contribution in [0.25, 0.3) is 10.9 Å². The van der Waals surface area contributed by atoms with Gasteiger partial charge < -0.3 is 15.0 Å². The van der Waals surface area contributed by atoms with E-state index in [0.29, 0.717) is 33.7 Å². The average molecular weight is 560 g/mol. The summed E-state index contributed by atoms with van der Waals surface area (Å²) in [5, 5.41) is 13.8. The summed E-state index contributed by atoms with van der Waals surface area (Å²) in [6, 6.07) is 14.0. The molecule has 2 N–H and O–H groups in total. The van der Waals surface area contributed by atoms with Crippen molar-refractivity contribution < 1.29 is 25.5 Å². The molecule has 4 aromatic rings. The fourth-order valence-electron chi connectivity index (χ4n) is 4.32. The first-order chi connectivity index (χ1) is 18.8. The van der Waals surface area contributed by atoms with Gasteiger partial charge in [-0.05, 0) is 66.6 Å². The summed E-state index contributed by atoms with van der Waals surface area (Å²) in [4.78, 5) is 17.3. The molecule has 0 aliphatic rings. The van der Waals surface area contributed by atoms with Crippen LogP contribution in [0.4, 0.5) is 4.39 Å². The molecule has 0 bridgehead atoms. The molecule has 2 aromatic carbocycles. The van der Waals surface area contributed by atoms with Gasteiger partial charge in [0, 0.05) is 39.8 Å². The van der Waals surface area contributed by atoms with E-state index in [-0.39, 0.29) is 16.2 Å². The van der Waals surface area contributed by atoms with Crippen LogP contribution in [-0.2, 0) is 22.8 Å². The molecule has 0 fully saturated rings. The molecule has 2 heterocycles. The normalized spacial score (nSPS) is 13.7. The maximum Gasteiger partial charge on any atom is 0.251 e. The minimum atomic E-state index is -3.44. The monoisotopic (exact) mass is 559 g/mol. The number of aromatic nitrogens is 2. The van der Waals surface area contributed by atoms with Gasteiger partial charge in [-0.3, -0.25) is 9.78 Å². The highest BCUT2D eigenvalue weighted by atomic mass is 35.5. The van der Waals surface area contributed by atoms with E-state index in [4.69, 9.17) is 14.3 Å². The number of alkyl halides is 1. The van der Waals surface area contributed by atoms with Crippen LogP contribution in [0.3, 0.4) is 0 Å². The van der Waals surface area contributed by atoms with Crippen molar-refractivity contribution in [3.63, 3.8) is 0 Å². The summed E-state index contributed by atoms with van der Waals surface area (Å²) in [5.41, 5.74) is 3.68. The molecule has 200 valence electrons. The van der Waals surface area contributed by atoms with Crippen molar-refractivity contribution in [2.45, 2.75) is 37.8 Å². The number of nitrogens with zero attached hydrogens (tertiary/aromatic N) is 2. The lowest BCUT2D eigenvalue weighted by atomic mass is 10.0. The summed E-state index contributed by atoms with van der Waals surface area (Å²) in [7, 11) is -3.44. The molecule has 0 saturated heterocycles. The fraction of sp³-hybridized carbons (Fsp3) is 0.286. The summed E-state index contributed by atoms with van der Waals surface area (Å²) >= 11 is 6.08. The second-order valence-corrected chi connectivity index (χ2v) is 11.6. The van der Waals surface area contributed by atoms with Gasteiger partial charge in [-0.2, -0.15) is 0 Å². The van der Waals surface area contributed by atoms with Crippen LogP contribution in [0, 0.1) is 6.92 Å². The van der Waals surface area contributed by atoms with Gasteiger partial charge >= 0.3 is 0 Å². The third kappa shape index (κ3) is 5.90. The van der Waals surface area contributed by atoms with Crippen molar-refractivity contribution in [3.8, 4) is 0 Å². The number of aryl methyl sites for hydroxylation is 2. The number of rotatable bonds is 10. The van der Waals surface area contributed by atoms with Gasteiger partial charge in [-0.15, -0.1) is 0 Å². The molecule has 0 aliphatic carbocycles. The minimum absolute atomic E-state index is 0.0546. The highest BCUT2D eigenvalue weighted by molar-refractivity contribution is 7.91. The zero-order chi connectivity index (χ0) is 29.2. The molecule has 0 unspecified atom stereocenters. The molecular weight excluding hydrogens is 529 g/mol. The predicted octanol–water partition coefficient (Wildman–Crippen LogP) is 4.82. The highest BCUT2D eigenvalue weighted by Gasteiger charge is 2.19. The number of sulfone groups is 1. The zero-order valence-corrected chi connectivity index (χ0v) is 22.5. The average Bonchev–Trinajstić information content (AvgIpc) is 3.23. The molecule has 38 heavy (non-hydrogen) atoms. The second-order valence-electron chi connectivity index (χ2n) is 8.91. The smallest absolute Gasteiger partial charge is 0.251 e. The van der Waals surface area contributed by atoms with Crippen molar-refractivity contribution in [1.82, 2.24) is 14.9 Å². The largest absolute Gasteiger partial charge is 0.394 e. The number of hydrogen-bond donors (Lipinski definition) is 2. The lowest BCUT2D eigenvalue weighted by Crippen LogP contribution is -2.31. The molecular formula is C28H29ClFN3O4S. The van der Waals surface area contributed by atoms with Crippen LogP contribution in [0.2, 0.25) is 5.02 Å². The van der Waals surface area contributed by atoms with Crippen LogP contribution in [0.1, 0.15) is 48.6 Å². The van der Waals surface area contributed by atoms with Crippen molar-refractivity contribution in [2.75, 3.05) is 19.0 Å². The third-order valence-electron chi connectivity index (χ3n) is 6.49. The van der Waals surface area contributed by atoms with Gasteiger partial charge in [-0.1, -0.05) is 24.6 Å². The number of pyridine rings is 1. The predicted molar refractivity (Wildman–Crippen MR) is 146 cm³/mol. The molecule has 0 spiro atoms. The maximum absolute atomic E-state index is 14.2. The van der Waals surface area contributed by atoms with Crippen molar-refractivity contribution in [1.29, 1.82) is 0 Å². The van der Waals surface area contributed by atoms with Crippen LogP contribution < -0.4 is 5.32 Å². The molecule has 10 heteroatoms. The number of aliphatic hydroxyl groups excluding tert-OH is 1. The van der Waals surface area contributed by atoms with Gasteiger partial charge in [0.25, 0.3) is 5.91 Å². The van der Waals surface area contributed by atoms with E-state index in [2.05, 4.69) is 10.3 Å². The lowest BCUT2D eigenvalue weighted by molar-refractivity contribution is 0.0914. The Kier molecular flexibility index (Phi) is 7.66. The number of hydrogen-bond acceptors (Lipinski definition) is 5. The zero-order valence-electron chi connectivity index (χ0n) is 22.9. The van der Waals surface area contributed by atoms with Crippen LogP contribution in [-0.4, -0.2) is 48.0 Å². The number of aliphatic hydroxyl groups is 1. The third-order valence-corrected chi connectivity index (χ3v) is 8.44. The lowest BCUT2D eigenvalue weighted by Gasteiger charge is -2.16. The Bertz CT molecular complexity index is 1650. The van der Waals surface area contributed by atoms with Gasteiger partial charge in [0.05, 0.1) is 38.3 Å². The molecule has 0 saturated carbocycles. The first kappa shape index (κ1) is 25.0. The topological polar surface area (TPSA) is 101 Å². The van der Waals surface area contributed by atoms with Crippen LogP contribution >= 0.6 is 11.6 Å². The van der Waals surface area contributed by atoms with E-state index >= 15 is 0 Å². The highest BCUT2D eigenvalue weighted by Crippen LogP contribution is 2.26. The van der Waals surface area contributed by atoms with Crippen molar-refractivity contribution in [2.24, 2.45) is 0 Å². The molecule has 0 radical (unpaired) electrons. The van der Waals surface area contributed by atoms with Gasteiger partial charge in [0.15, 0.2) is 9.84 Å². The Labute approximate surface area is 229 Å². The van der Waals surface area contributed by atoms with Crippen molar-refractivity contribution >= 4 is 38.2 Å². The Morgan fingerprint density at radius 3 is 2.63 bits per heavy atom. The van der Waals surface area contributed by atoms with Crippen molar-refractivity contribution in [3.05, 3.63) is 93.9 Å². The number of halogens is 2. The van der Waals surface area contributed by atoms with E-state index in [1.54, 1.807) is 28.8 Å². The van der Waals surface area contributed by atoms with E-state index in [1.165, 1.54) is 31.3 Å². The molecule has 4 rings (SSSR count).